The summed E-state index contributed by atoms with van der Waals surface area (Å²) in [6.07, 6.45) is -5.67. The maximum atomic E-state index is 12.3. The summed E-state index contributed by atoms with van der Waals surface area (Å²) in [5.41, 5.74) is 9.97. The Kier molecular flexibility index (Phi) is 6.11. The van der Waals surface area contributed by atoms with E-state index in [4.69, 9.17) is 41.2 Å². The van der Waals surface area contributed by atoms with Gasteiger partial charge < -0.3 is 45.5 Å². The molecule has 1 saturated heterocycles. The molecule has 0 saturated carbocycles. The van der Waals surface area contributed by atoms with Crippen molar-refractivity contribution in [2.75, 3.05) is 12.3 Å². The maximum absolute atomic E-state index is 12.3. The molecule has 31 heavy (non-hydrogen) atoms. The number of ether oxygens (including phenoxy) is 1. The van der Waals surface area contributed by atoms with Crippen molar-refractivity contribution in [3.05, 3.63) is 22.1 Å². The summed E-state index contributed by atoms with van der Waals surface area (Å²) < 4.78 is 37.6. The molecule has 3 rings (SSSR count). The van der Waals surface area contributed by atoms with Gasteiger partial charge in [0.2, 0.25) is 5.95 Å². The van der Waals surface area contributed by atoms with E-state index in [2.05, 4.69) is 19.0 Å². The van der Waals surface area contributed by atoms with Gasteiger partial charge in [0, 0.05) is 11.8 Å². The summed E-state index contributed by atoms with van der Waals surface area (Å²) in [6.45, 7) is -0.919. The van der Waals surface area contributed by atoms with Gasteiger partial charge in [-0.25, -0.2) is 9.13 Å². The number of nitrogen functional groups attached to an aromatic ring is 2. The highest BCUT2D eigenvalue weighted by Crippen LogP contribution is 2.45. The van der Waals surface area contributed by atoms with Crippen molar-refractivity contribution in [1.82, 2.24) is 14.5 Å². The lowest BCUT2D eigenvalue weighted by Crippen LogP contribution is -2.35. The van der Waals surface area contributed by atoms with Crippen molar-refractivity contribution in [3.63, 3.8) is 0 Å². The van der Waals surface area contributed by atoms with Gasteiger partial charge in [0.05, 0.1) is 12.0 Å². The smallest absolute Gasteiger partial charge is 0.386 e. The molecular weight excluding hydrogens is 466 g/mol. The summed E-state index contributed by atoms with van der Waals surface area (Å²) in [5.74, 6) is -0.874. The second-order valence-corrected chi connectivity index (χ2v) is 8.85. The molecule has 3 heterocycles. The van der Waals surface area contributed by atoms with Crippen LogP contribution in [0.3, 0.4) is 0 Å². The van der Waals surface area contributed by atoms with Crippen LogP contribution in [0.25, 0.3) is 11.0 Å². The first kappa shape index (κ1) is 23.5. The number of phosphoric ester groups is 2. The third-order valence-electron chi connectivity index (χ3n) is 4.24. The highest BCUT2D eigenvalue weighted by molar-refractivity contribution is 7.46. The molecular formula is C12H18N6O11P2. The molecule has 1 aliphatic rings. The fourth-order valence-corrected chi connectivity index (χ4v) is 4.03. The lowest BCUT2D eigenvalue weighted by Gasteiger charge is -2.21. The first-order chi connectivity index (χ1) is 14.2. The van der Waals surface area contributed by atoms with Crippen molar-refractivity contribution in [1.29, 1.82) is 5.41 Å². The van der Waals surface area contributed by atoms with Gasteiger partial charge in [-0.15, -0.1) is 0 Å². The fraction of sp³-hybridized carbons (Fsp3) is 0.417. The molecule has 0 spiro atoms. The van der Waals surface area contributed by atoms with Gasteiger partial charge in [-0.2, -0.15) is 4.98 Å². The van der Waals surface area contributed by atoms with E-state index in [1.54, 1.807) is 0 Å². The zero-order valence-electron chi connectivity index (χ0n) is 15.2. The van der Waals surface area contributed by atoms with Crippen LogP contribution in [0.4, 0.5) is 5.95 Å². The summed E-state index contributed by atoms with van der Waals surface area (Å²) in [6, 6.07) is 0. The number of hydrogen-bond donors (Lipinski definition) is 9. The van der Waals surface area contributed by atoms with E-state index in [-0.39, 0.29) is 22.5 Å². The van der Waals surface area contributed by atoms with Crippen molar-refractivity contribution in [2.24, 2.45) is 5.73 Å². The molecule has 0 amide bonds. The first-order valence-corrected chi connectivity index (χ1v) is 11.3. The van der Waals surface area contributed by atoms with Crippen LogP contribution >= 0.6 is 15.6 Å². The van der Waals surface area contributed by atoms with Crippen LogP contribution in [0.5, 0.6) is 0 Å². The number of amidine groups is 1. The van der Waals surface area contributed by atoms with E-state index in [1.165, 1.54) is 0 Å². The van der Waals surface area contributed by atoms with Crippen molar-refractivity contribution in [3.8, 4) is 0 Å². The lowest BCUT2D eigenvalue weighted by atomic mass is 10.1. The monoisotopic (exact) mass is 484 g/mol. The molecule has 1 aliphatic heterocycles. The quantitative estimate of drug-likeness (QED) is 0.111. The SMILES string of the molecule is N=C(N)c1cn([C@@H]2O[C@H](COP(=O)(O)O)[C@@H](OP(=O)(O)O)[C@H]2O)c2nc(N)[nH]c(=O)c12. The molecule has 4 atom stereocenters. The zero-order chi connectivity index (χ0) is 23.3. The van der Waals surface area contributed by atoms with Gasteiger partial charge in [0.1, 0.15) is 24.1 Å². The van der Waals surface area contributed by atoms with Gasteiger partial charge in [0.25, 0.3) is 5.56 Å². The number of aromatic nitrogens is 3. The van der Waals surface area contributed by atoms with Gasteiger partial charge in [0.15, 0.2) is 11.9 Å². The Morgan fingerprint density at radius 2 is 1.97 bits per heavy atom. The Morgan fingerprint density at radius 3 is 2.52 bits per heavy atom. The molecule has 1 fully saturated rings. The minimum absolute atomic E-state index is 0.109. The molecule has 0 radical (unpaired) electrons. The lowest BCUT2D eigenvalue weighted by molar-refractivity contribution is -0.0499. The molecule has 17 nitrogen and oxygen atoms in total. The standard InChI is InChI=1S/C12H18N6O11P2/c13-8(14)3-1-18(9-5(3)10(20)17-12(15)16-9)11-6(19)7(29-31(24,25)26)4(28-11)2-27-30(21,22)23/h1,4,6-7,11,19H,2H2,(H3,13,14)(H2,21,22,23)(H2,24,25,26)(H3,15,16,17,20)/t4-,6-,7-,11-/m1/s1. The van der Waals surface area contributed by atoms with Gasteiger partial charge in [-0.05, 0) is 0 Å². The molecule has 0 bridgehead atoms. The van der Waals surface area contributed by atoms with E-state index in [9.17, 15) is 19.0 Å². The zero-order valence-corrected chi connectivity index (χ0v) is 17.0. The largest absolute Gasteiger partial charge is 0.470 e. The van der Waals surface area contributed by atoms with Crippen LogP contribution in [0.15, 0.2) is 11.0 Å². The van der Waals surface area contributed by atoms with Crippen LogP contribution < -0.4 is 17.0 Å². The van der Waals surface area contributed by atoms with Crippen LogP contribution in [0.1, 0.15) is 11.8 Å². The average molecular weight is 484 g/mol. The predicted octanol–water partition coefficient (Wildman–Crippen LogP) is -2.56. The molecule has 11 N–H and O–H groups in total. The highest BCUT2D eigenvalue weighted by atomic mass is 31.2. The average Bonchev–Trinajstić information content (AvgIpc) is 3.10. The molecule has 0 unspecified atom stereocenters. The Balaban J connectivity index is 2.09. The molecule has 0 aliphatic carbocycles. The number of aliphatic hydroxyl groups is 1. The second kappa shape index (κ2) is 8.07. The number of rotatable bonds is 7. The number of nitrogens with two attached hydrogens (primary N) is 2. The van der Waals surface area contributed by atoms with Crippen molar-refractivity contribution >= 4 is 38.5 Å². The first-order valence-electron chi connectivity index (χ1n) is 8.20. The third kappa shape index (κ3) is 5.02. The number of H-pyrrole nitrogens is 1. The number of phosphoric acid groups is 2. The summed E-state index contributed by atoms with van der Waals surface area (Å²) in [4.78, 5) is 54.4. The Morgan fingerprint density at radius 1 is 1.32 bits per heavy atom. The normalized spacial score (nSPS) is 24.7. The van der Waals surface area contributed by atoms with E-state index in [1.807, 2.05) is 0 Å². The van der Waals surface area contributed by atoms with Crippen molar-refractivity contribution < 1.29 is 47.6 Å². The number of anilines is 1. The third-order valence-corrected chi connectivity index (χ3v) is 5.24. The number of nitrogens with zero attached hydrogens (tertiary/aromatic N) is 2. The molecule has 2 aromatic rings. The number of nitrogens with one attached hydrogen (secondary N) is 2. The van der Waals surface area contributed by atoms with Gasteiger partial charge >= 0.3 is 15.6 Å². The van der Waals surface area contributed by atoms with Crippen LogP contribution in [0, 0.1) is 5.41 Å². The number of fused-ring (bicyclic) bond motifs is 1. The summed E-state index contributed by atoms with van der Waals surface area (Å²) >= 11 is 0. The fourth-order valence-electron chi connectivity index (χ4n) is 3.11. The van der Waals surface area contributed by atoms with E-state index in [0.29, 0.717) is 0 Å². The predicted molar refractivity (Wildman–Crippen MR) is 101 cm³/mol. The van der Waals surface area contributed by atoms with Crippen LogP contribution in [-0.2, 0) is 22.9 Å². The minimum atomic E-state index is -5.19. The van der Waals surface area contributed by atoms with Crippen molar-refractivity contribution in [2.45, 2.75) is 24.5 Å². The van der Waals surface area contributed by atoms with Crippen LogP contribution in [0.2, 0.25) is 0 Å². The molecule has 172 valence electrons. The van der Waals surface area contributed by atoms with Gasteiger partial charge in [-0.3, -0.25) is 24.2 Å². The van der Waals surface area contributed by atoms with Gasteiger partial charge in [-0.1, -0.05) is 0 Å². The second-order valence-electron chi connectivity index (χ2n) is 6.42. The number of aromatic amines is 1. The van der Waals surface area contributed by atoms with E-state index in [0.717, 1.165) is 10.8 Å². The maximum Gasteiger partial charge on any atom is 0.470 e. The minimum Gasteiger partial charge on any atom is -0.386 e. The Bertz CT molecular complexity index is 1170. The highest BCUT2D eigenvalue weighted by Gasteiger charge is 2.49. The Labute approximate surface area is 171 Å². The van der Waals surface area contributed by atoms with E-state index < -0.39 is 58.2 Å². The van der Waals surface area contributed by atoms with Crippen LogP contribution in [-0.4, -0.2) is 70.0 Å². The topological polar surface area (TPSA) is 290 Å². The molecule has 0 aromatic carbocycles. The number of hydrogen-bond acceptors (Lipinski definition) is 10. The Hall–Kier alpha value is -2.17. The summed E-state index contributed by atoms with van der Waals surface area (Å²) in [5, 5.41) is 18.1. The summed E-state index contributed by atoms with van der Waals surface area (Å²) in [7, 11) is -10.2. The molecule has 19 heteroatoms. The van der Waals surface area contributed by atoms with E-state index >= 15 is 0 Å². The number of aliphatic hydroxyl groups excluding tert-OH is 1. The molecule has 2 aromatic heterocycles.